The molecule has 0 spiro atoms. The van der Waals surface area contributed by atoms with Crippen molar-refractivity contribution in [2.75, 3.05) is 37.7 Å². The summed E-state index contributed by atoms with van der Waals surface area (Å²) in [6.07, 6.45) is 2.84. The summed E-state index contributed by atoms with van der Waals surface area (Å²) in [5, 5.41) is 3.47. The largest absolute Gasteiger partial charge is 0.381 e. The van der Waals surface area contributed by atoms with Gasteiger partial charge in [0.15, 0.2) is 5.96 Å². The first-order valence-corrected chi connectivity index (χ1v) is 10.2. The molecule has 1 saturated heterocycles. The van der Waals surface area contributed by atoms with Gasteiger partial charge in [-0.15, -0.1) is 24.0 Å². The molecule has 4 nitrogen and oxygen atoms in total. The minimum absolute atomic E-state index is 0. The van der Waals surface area contributed by atoms with Crippen molar-refractivity contribution < 1.29 is 9.13 Å². The third-order valence-electron chi connectivity index (χ3n) is 5.92. The average Bonchev–Trinajstić information content (AvgIpc) is 3.16. The van der Waals surface area contributed by atoms with Gasteiger partial charge in [0.2, 0.25) is 0 Å². The Labute approximate surface area is 189 Å². The Morgan fingerprint density at radius 2 is 1.86 bits per heavy atom. The Kier molecular flexibility index (Phi) is 7.51. The van der Waals surface area contributed by atoms with Crippen LogP contribution in [0.1, 0.15) is 30.9 Å². The SMILES string of the molecule is CCNC(=NCC1(c2ccc(F)cc2)CCOCC1)N1CCc2ccccc21.I. The maximum atomic E-state index is 13.5. The summed E-state index contributed by atoms with van der Waals surface area (Å²) in [5.41, 5.74) is 3.65. The van der Waals surface area contributed by atoms with Crippen molar-refractivity contribution >= 4 is 35.6 Å². The molecule has 29 heavy (non-hydrogen) atoms. The van der Waals surface area contributed by atoms with Gasteiger partial charge in [0, 0.05) is 37.4 Å². The monoisotopic (exact) mass is 509 g/mol. The number of nitrogens with zero attached hydrogens (tertiary/aromatic N) is 2. The Morgan fingerprint density at radius 1 is 1.14 bits per heavy atom. The van der Waals surface area contributed by atoms with Gasteiger partial charge in [-0.3, -0.25) is 4.99 Å². The molecule has 2 heterocycles. The van der Waals surface area contributed by atoms with E-state index < -0.39 is 0 Å². The molecule has 2 aromatic rings. The van der Waals surface area contributed by atoms with E-state index in [0.717, 1.165) is 57.1 Å². The minimum Gasteiger partial charge on any atom is -0.381 e. The first kappa shape index (κ1) is 22.0. The number of hydrogen-bond donors (Lipinski definition) is 1. The van der Waals surface area contributed by atoms with E-state index in [9.17, 15) is 4.39 Å². The second-order valence-corrected chi connectivity index (χ2v) is 7.60. The van der Waals surface area contributed by atoms with E-state index >= 15 is 0 Å². The van der Waals surface area contributed by atoms with Crippen LogP contribution in [0, 0.1) is 5.82 Å². The molecule has 0 bridgehead atoms. The molecule has 156 valence electrons. The van der Waals surface area contributed by atoms with Crippen molar-refractivity contribution in [3.8, 4) is 0 Å². The number of guanidine groups is 1. The van der Waals surface area contributed by atoms with Crippen LogP contribution in [0.15, 0.2) is 53.5 Å². The fourth-order valence-electron chi connectivity index (χ4n) is 4.28. The molecule has 2 aliphatic heterocycles. The van der Waals surface area contributed by atoms with Crippen LogP contribution in [0.3, 0.4) is 0 Å². The molecule has 0 atom stereocenters. The lowest BCUT2D eigenvalue weighted by atomic mass is 9.74. The number of para-hydroxylation sites is 1. The summed E-state index contributed by atoms with van der Waals surface area (Å²) >= 11 is 0. The number of hydrogen-bond acceptors (Lipinski definition) is 2. The van der Waals surface area contributed by atoms with E-state index in [4.69, 9.17) is 9.73 Å². The lowest BCUT2D eigenvalue weighted by Gasteiger charge is -2.37. The molecule has 1 N–H and O–H groups in total. The molecule has 0 unspecified atom stereocenters. The molecule has 4 rings (SSSR count). The van der Waals surface area contributed by atoms with Crippen LogP contribution >= 0.6 is 24.0 Å². The number of anilines is 1. The predicted molar refractivity (Wildman–Crippen MR) is 127 cm³/mol. The van der Waals surface area contributed by atoms with Gasteiger partial charge in [-0.2, -0.15) is 0 Å². The Balaban J connectivity index is 0.00000240. The van der Waals surface area contributed by atoms with Gasteiger partial charge in [-0.05, 0) is 55.5 Å². The van der Waals surface area contributed by atoms with Crippen LogP contribution in [0.5, 0.6) is 0 Å². The number of fused-ring (bicyclic) bond motifs is 1. The van der Waals surface area contributed by atoms with Crippen LogP contribution in [0.2, 0.25) is 0 Å². The van der Waals surface area contributed by atoms with Crippen LogP contribution in [-0.2, 0) is 16.6 Å². The molecule has 1 fully saturated rings. The summed E-state index contributed by atoms with van der Waals surface area (Å²) in [5.74, 6) is 0.733. The number of rotatable bonds is 4. The van der Waals surface area contributed by atoms with Crippen molar-refractivity contribution in [1.29, 1.82) is 0 Å². The van der Waals surface area contributed by atoms with Crippen LogP contribution < -0.4 is 10.2 Å². The Morgan fingerprint density at radius 3 is 2.59 bits per heavy atom. The quantitative estimate of drug-likeness (QED) is 0.374. The van der Waals surface area contributed by atoms with Gasteiger partial charge in [0.05, 0.1) is 6.54 Å². The van der Waals surface area contributed by atoms with Crippen molar-refractivity contribution in [3.63, 3.8) is 0 Å². The molecular formula is C23H29FIN3O. The van der Waals surface area contributed by atoms with E-state index in [-0.39, 0.29) is 35.2 Å². The number of aliphatic imine (C=N–C) groups is 1. The third-order valence-corrected chi connectivity index (χ3v) is 5.92. The van der Waals surface area contributed by atoms with E-state index in [1.54, 1.807) is 12.1 Å². The molecule has 0 amide bonds. The normalized spacial score (nSPS) is 18.1. The van der Waals surface area contributed by atoms with E-state index in [1.807, 2.05) is 12.1 Å². The second kappa shape index (κ2) is 9.89. The molecule has 2 aromatic carbocycles. The van der Waals surface area contributed by atoms with Crippen molar-refractivity contribution in [2.24, 2.45) is 4.99 Å². The first-order valence-electron chi connectivity index (χ1n) is 10.2. The summed E-state index contributed by atoms with van der Waals surface area (Å²) < 4.78 is 19.1. The van der Waals surface area contributed by atoms with E-state index in [2.05, 4.69) is 41.4 Å². The molecule has 0 aliphatic carbocycles. The zero-order valence-corrected chi connectivity index (χ0v) is 19.2. The van der Waals surface area contributed by atoms with Gasteiger partial charge in [-0.1, -0.05) is 30.3 Å². The molecule has 0 saturated carbocycles. The van der Waals surface area contributed by atoms with Crippen LogP contribution in [0.4, 0.5) is 10.1 Å². The molecular weight excluding hydrogens is 480 g/mol. The van der Waals surface area contributed by atoms with Crippen LogP contribution in [-0.4, -0.2) is 38.8 Å². The standard InChI is InChI=1S/C23H28FN3O.HI/c1-2-25-22(27-14-11-18-5-3-4-6-21(18)27)26-17-23(12-15-28-16-13-23)19-7-9-20(24)10-8-19;/h3-10H,2,11-17H2,1H3,(H,25,26);1H. The van der Waals surface area contributed by atoms with E-state index in [0.29, 0.717) is 6.54 Å². The summed E-state index contributed by atoms with van der Waals surface area (Å²) in [4.78, 5) is 7.36. The minimum atomic E-state index is -0.198. The number of halogens is 2. The zero-order chi connectivity index (χ0) is 19.4. The summed E-state index contributed by atoms with van der Waals surface area (Å²) in [7, 11) is 0. The number of nitrogens with one attached hydrogen (secondary N) is 1. The highest BCUT2D eigenvalue weighted by Gasteiger charge is 2.35. The van der Waals surface area contributed by atoms with E-state index in [1.165, 1.54) is 11.3 Å². The highest BCUT2D eigenvalue weighted by Crippen LogP contribution is 2.36. The van der Waals surface area contributed by atoms with Crippen molar-refractivity contribution in [2.45, 2.75) is 31.6 Å². The fourth-order valence-corrected chi connectivity index (χ4v) is 4.28. The second-order valence-electron chi connectivity index (χ2n) is 7.60. The molecule has 0 aromatic heterocycles. The average molecular weight is 509 g/mol. The highest BCUT2D eigenvalue weighted by molar-refractivity contribution is 14.0. The molecule has 2 aliphatic rings. The van der Waals surface area contributed by atoms with Gasteiger partial charge in [0.1, 0.15) is 5.82 Å². The Hall–Kier alpha value is -1.67. The van der Waals surface area contributed by atoms with Gasteiger partial charge >= 0.3 is 0 Å². The summed E-state index contributed by atoms with van der Waals surface area (Å²) in [6, 6.07) is 15.5. The highest BCUT2D eigenvalue weighted by atomic mass is 127. The smallest absolute Gasteiger partial charge is 0.198 e. The maximum absolute atomic E-state index is 13.5. The topological polar surface area (TPSA) is 36.9 Å². The first-order chi connectivity index (χ1) is 13.7. The molecule has 6 heteroatoms. The van der Waals surface area contributed by atoms with Crippen molar-refractivity contribution in [1.82, 2.24) is 5.32 Å². The van der Waals surface area contributed by atoms with Gasteiger partial charge in [0.25, 0.3) is 0 Å². The zero-order valence-electron chi connectivity index (χ0n) is 16.9. The number of ether oxygens (including phenoxy) is 1. The Bertz CT molecular complexity index is 834. The lowest BCUT2D eigenvalue weighted by Crippen LogP contribution is -2.43. The lowest BCUT2D eigenvalue weighted by molar-refractivity contribution is 0.0531. The fraction of sp³-hybridized carbons (Fsp3) is 0.435. The third kappa shape index (κ3) is 4.74. The predicted octanol–water partition coefficient (Wildman–Crippen LogP) is 4.52. The summed E-state index contributed by atoms with van der Waals surface area (Å²) in [6.45, 7) is 5.97. The van der Waals surface area contributed by atoms with Crippen LogP contribution in [0.25, 0.3) is 0 Å². The number of benzene rings is 2. The van der Waals surface area contributed by atoms with Gasteiger partial charge < -0.3 is 15.0 Å². The molecule has 0 radical (unpaired) electrons. The maximum Gasteiger partial charge on any atom is 0.198 e. The van der Waals surface area contributed by atoms with Gasteiger partial charge in [-0.25, -0.2) is 4.39 Å². The van der Waals surface area contributed by atoms with Crippen molar-refractivity contribution in [3.05, 3.63) is 65.5 Å².